The molecule has 0 radical (unpaired) electrons. The Morgan fingerprint density at radius 1 is 0.508 bits per heavy atom. The Hall–Kier alpha value is -9.50. The van der Waals surface area contributed by atoms with E-state index in [2.05, 4.69) is 96.5 Å². The van der Waals surface area contributed by atoms with Crippen molar-refractivity contribution in [1.82, 2.24) is 24.5 Å². The van der Waals surface area contributed by atoms with Gasteiger partial charge in [-0.1, -0.05) is 117 Å². The number of phenols is 1. The fourth-order valence-electron chi connectivity index (χ4n) is 22.4. The third-order valence-corrected chi connectivity index (χ3v) is 28.8. The molecule has 11 atom stereocenters. The Morgan fingerprint density at radius 3 is 1.26 bits per heavy atom. The fourth-order valence-corrected chi connectivity index (χ4v) is 22.4. The molecular formula is C106H150N6O18. The number of ether oxygens (including phenoxy) is 9. The zero-order valence-electron chi connectivity index (χ0n) is 80.7. The monoisotopic (exact) mass is 1800 g/mol. The second-order valence-corrected chi connectivity index (χ2v) is 37.5. The lowest BCUT2D eigenvalue weighted by molar-refractivity contribution is -0.402. The van der Waals surface area contributed by atoms with Crippen LogP contribution in [0.3, 0.4) is 0 Å². The molecule has 7 aromatic rings. The summed E-state index contributed by atoms with van der Waals surface area (Å²) in [7, 11) is 21.3. The van der Waals surface area contributed by atoms with E-state index in [1.54, 1.807) is 50.7 Å². The number of hydrogen-bond donors (Lipinski definition) is 2. The van der Waals surface area contributed by atoms with Gasteiger partial charge in [0.05, 0.1) is 60.9 Å². The number of piperidine rings is 3. The van der Waals surface area contributed by atoms with Crippen molar-refractivity contribution in [3.8, 4) is 40.2 Å². The van der Waals surface area contributed by atoms with Gasteiger partial charge in [0.25, 0.3) is 0 Å². The zero-order valence-corrected chi connectivity index (χ0v) is 79.7. The van der Waals surface area contributed by atoms with Gasteiger partial charge >= 0.3 is 17.8 Å². The molecule has 3 aliphatic heterocycles. The standard InChI is InChI=1S/C25H33NO5.C24H30N2O7.2C18H25NO.C17H23NO.C4H10O2.H2O.H2/c1-19(27)12-15-25(28)31-23(17-26(2)3)18-30-24-11-6-5-9-21(24)14-13-20-8-7-10-22(16-20)29-4;1-25(2)16-21(33-24(28)14-13-23(27)26(29)30)17-32-22-10-5-4-8-19(22)12-11-18-7-6-9-20(15-18)31-3;2*1-19-10-9-18-8-4-3-5-15(18)17(19)11-13-6-7-14(20-2)12-16(13)18;1-18-9-8-17-7-3-2-4-14(17)16(18)10-12-5-6-13(19)11-15(12)17;1-2-6-4-3-5;;/h5-11,16,23H,12-15,17-18H2,1-4H3;4-10,15,21H,11-14,16-17H2,1-3H3;2*6-7,12,15,17H,3-5,8-11H2,1-2H3;5-6,11,14,16,19H,2-4,7-10H2,1H3;5H,2-4H2,1H3;1H2;1H/t;;2*15-,17+,18+;14-,16+,17+;;;/m..111.../s1/i/hD. The highest BCUT2D eigenvalue weighted by molar-refractivity contribution is 5.81. The van der Waals surface area contributed by atoms with E-state index in [4.69, 9.17) is 54.6 Å². The minimum absolute atomic E-state index is 0. The second-order valence-electron chi connectivity index (χ2n) is 37.5. The summed E-state index contributed by atoms with van der Waals surface area (Å²) < 4.78 is 54.1. The van der Waals surface area contributed by atoms with Gasteiger partial charge in [-0.3, -0.25) is 19.7 Å². The molecule has 3 saturated heterocycles. The first-order chi connectivity index (χ1) is 63.3. The minimum Gasteiger partial charge on any atom is -0.508 e. The number of hydrogen-bond acceptors (Lipinski definition) is 22. The molecule has 1 amide bonds. The zero-order chi connectivity index (χ0) is 94.2. The van der Waals surface area contributed by atoms with Crippen LogP contribution in [-0.4, -0.2) is 243 Å². The second kappa shape index (κ2) is 49.8. The molecule has 6 fully saturated rings. The number of carbonyl (C=O) groups excluding carboxylic acids is 4. The van der Waals surface area contributed by atoms with Crippen LogP contribution in [0.5, 0.6) is 40.2 Å². The highest BCUT2D eigenvalue weighted by Crippen LogP contribution is 2.59. The number of esters is 2. The third kappa shape index (κ3) is 26.9. The molecule has 0 spiro atoms. The number of aliphatic hydroxyl groups excluding tert-OH is 1. The van der Waals surface area contributed by atoms with Crippen molar-refractivity contribution < 1.29 is 85.3 Å². The number of Topliss-reactive ketones (excluding diaryl/α,β-unsaturated/α-hetero) is 1. The average molecular weight is 1800 g/mol. The summed E-state index contributed by atoms with van der Waals surface area (Å²) >= 11 is 0. The van der Waals surface area contributed by atoms with E-state index in [-0.39, 0.29) is 52.3 Å². The summed E-state index contributed by atoms with van der Waals surface area (Å²) in [5.74, 6) is 5.94. The molecule has 6 bridgehead atoms. The van der Waals surface area contributed by atoms with Crippen LogP contribution in [0.2, 0.25) is 0 Å². The number of aliphatic hydroxyl groups is 1. The summed E-state index contributed by atoms with van der Waals surface area (Å²) in [6.07, 6.45) is 26.1. The molecule has 2 unspecified atom stereocenters. The summed E-state index contributed by atoms with van der Waals surface area (Å²) in [4.78, 5) is 67.4. The lowest BCUT2D eigenvalue weighted by atomic mass is 9.52. The van der Waals surface area contributed by atoms with Crippen LogP contribution in [0, 0.1) is 27.9 Å². The summed E-state index contributed by atoms with van der Waals surface area (Å²) in [6, 6.07) is 53.6. The van der Waals surface area contributed by atoms with E-state index < -0.39 is 35.4 Å². The van der Waals surface area contributed by atoms with Gasteiger partial charge in [-0.05, 0) is 332 Å². The number of amides is 1. The maximum Gasteiger partial charge on any atom is 0.445 e. The number of rotatable bonds is 31. The quantitative estimate of drug-likeness (QED) is 0.0177. The third-order valence-electron chi connectivity index (χ3n) is 28.8. The number of likely N-dealkylation sites (tertiary alicyclic amines) is 3. The van der Waals surface area contributed by atoms with Crippen molar-refractivity contribution in [2.24, 2.45) is 17.8 Å². The summed E-state index contributed by atoms with van der Waals surface area (Å²) in [6.45, 7) is 9.71. The van der Waals surface area contributed by atoms with Gasteiger partial charge in [-0.2, -0.15) is 0 Å². The molecule has 6 aliphatic carbocycles. The number of carbonyl (C=O) groups is 4. The van der Waals surface area contributed by atoms with Gasteiger partial charge < -0.3 is 87.6 Å². The Balaban J connectivity index is 0.000000184. The average Bonchev–Trinajstić information content (AvgIpc) is 0.724. The Kier molecular flexibility index (Phi) is 38.7. The molecular weight excluding hydrogens is 1650 g/mol. The molecule has 9 aliphatic rings. The molecule has 7 aromatic carbocycles. The Morgan fingerprint density at radius 2 is 0.892 bits per heavy atom. The number of para-hydroxylation sites is 2. The number of methoxy groups -OCH3 is 4. The van der Waals surface area contributed by atoms with Crippen LogP contribution in [0.4, 0.5) is 0 Å². The highest BCUT2D eigenvalue weighted by atomic mass is 16.6. The summed E-state index contributed by atoms with van der Waals surface area (Å²) in [5, 5.41) is 28.4. The number of fused-ring (bicyclic) bond motifs is 3. The highest BCUT2D eigenvalue weighted by Gasteiger charge is 2.56. The predicted molar refractivity (Wildman–Crippen MR) is 511 cm³/mol. The smallest absolute Gasteiger partial charge is 0.445 e. The maximum atomic E-state index is 12.1. The lowest BCUT2D eigenvalue weighted by Crippen LogP contribution is -2.59. The number of nitro groups is 1. The molecule has 130 heavy (non-hydrogen) atoms. The van der Waals surface area contributed by atoms with E-state index in [1.807, 2.05) is 136 Å². The Labute approximate surface area is 775 Å². The SMILES string of the molecule is CCOCCO.CN1CC[C@@]23CCCC[C@@H]2[C@@H]1Cc1ccc(O)cc13.COc1ccc2c(c1)[C@]13CCCC[C@@H]1[C@H](C2)N(C)CC3.COc1ccc2c(c1)[C@]13CCCC[C@@H]1[C@H](C2)N(C)CC3.COc1cccc(CCc2ccccc2OCC(CN(C)C)OC(=O)CCC(=O)[N+](=O)[O-])c1.COc1cccc(CCc2ccccc2OCC(CN(C)C)OC(=O)CCC(C)=O)c1.[2H]O.[HH]. The van der Waals surface area contributed by atoms with Gasteiger partial charge in [-0.15, -0.1) is 0 Å². The fraction of sp³-hybridized carbons (Fsp3) is 0.566. The molecule has 24 nitrogen and oxygen atoms in total. The molecule has 16 rings (SSSR count). The normalized spacial score (nSPS) is 22.8. The molecule has 0 aromatic heterocycles. The van der Waals surface area contributed by atoms with Gasteiger partial charge in [0, 0.05) is 61.9 Å². The minimum atomic E-state index is -1.21. The van der Waals surface area contributed by atoms with E-state index in [9.17, 15) is 34.4 Å². The van der Waals surface area contributed by atoms with Crippen molar-refractivity contribution in [3.63, 3.8) is 0 Å². The predicted octanol–water partition coefficient (Wildman–Crippen LogP) is 15.9. The van der Waals surface area contributed by atoms with Crippen LogP contribution in [0.15, 0.2) is 152 Å². The molecule has 3 saturated carbocycles. The van der Waals surface area contributed by atoms with Crippen molar-refractivity contribution in [1.29, 1.82) is 0 Å². The number of aryl methyl sites for hydroxylation is 4. The molecule has 24 heteroatoms. The Bertz CT molecular complexity index is 4690. The van der Waals surface area contributed by atoms with E-state index in [0.717, 1.165) is 107 Å². The van der Waals surface area contributed by atoms with Gasteiger partial charge in [0.2, 0.25) is 1.43 Å². The number of nitrogens with zero attached hydrogens (tertiary/aromatic N) is 6. The van der Waals surface area contributed by atoms with Gasteiger partial charge in [0.1, 0.15) is 76.4 Å². The van der Waals surface area contributed by atoms with Gasteiger partial charge in [0.15, 0.2) is 0 Å². The lowest BCUT2D eigenvalue weighted by Gasteiger charge is -2.58. The number of phenolic OH excluding ortho intramolecular Hbond substituents is 1. The maximum absolute atomic E-state index is 12.1. The van der Waals surface area contributed by atoms with Crippen molar-refractivity contribution in [3.05, 3.63) is 217 Å². The number of benzene rings is 7. The largest absolute Gasteiger partial charge is 0.508 e. The number of likely N-dealkylation sites (N-methyl/N-ethyl adjacent to an activating group) is 5. The van der Waals surface area contributed by atoms with E-state index >= 15 is 0 Å². The van der Waals surface area contributed by atoms with Crippen LogP contribution in [0.1, 0.15) is 194 Å². The van der Waals surface area contributed by atoms with Crippen molar-refractivity contribution in [2.45, 2.75) is 227 Å². The topological polar surface area (TPSA) is 283 Å². The molecule has 3 heterocycles. The number of ketones is 1. The summed E-state index contributed by atoms with van der Waals surface area (Å²) in [5.41, 5.74) is 21.4. The first-order valence-electron chi connectivity index (χ1n) is 47.7. The van der Waals surface area contributed by atoms with Crippen LogP contribution in [-0.2, 0) is 94.6 Å². The van der Waals surface area contributed by atoms with Crippen LogP contribution >= 0.6 is 0 Å². The van der Waals surface area contributed by atoms with Crippen molar-refractivity contribution in [2.75, 3.05) is 144 Å². The number of aromatic hydroxyl groups is 1. The van der Waals surface area contributed by atoms with E-state index in [1.165, 1.54) is 159 Å². The van der Waals surface area contributed by atoms with Gasteiger partial charge in [-0.25, -0.2) is 4.79 Å². The molecule has 712 valence electrons. The van der Waals surface area contributed by atoms with E-state index in [0.29, 0.717) is 54.0 Å². The molecule has 4 N–H and O–H groups in total. The van der Waals surface area contributed by atoms with Crippen LogP contribution < -0.4 is 28.4 Å². The van der Waals surface area contributed by atoms with Crippen molar-refractivity contribution >= 4 is 23.6 Å². The first kappa shape index (κ1) is 101. The first-order valence-corrected chi connectivity index (χ1v) is 47.3. The van der Waals surface area contributed by atoms with Crippen LogP contribution in [0.25, 0.3) is 0 Å².